The van der Waals surface area contributed by atoms with Gasteiger partial charge in [-0.05, 0) is 42.8 Å². The minimum Gasteiger partial charge on any atom is -0.489 e. The molecule has 18 heavy (non-hydrogen) atoms. The number of nitrogens with zero attached hydrogens (tertiary/aromatic N) is 1. The van der Waals surface area contributed by atoms with Gasteiger partial charge in [0.15, 0.2) is 0 Å². The van der Waals surface area contributed by atoms with Gasteiger partial charge < -0.3 is 4.74 Å². The molecular formula is C15H12BrNO. The Morgan fingerprint density at radius 1 is 1.22 bits per heavy atom. The van der Waals surface area contributed by atoms with Gasteiger partial charge in [0.25, 0.3) is 0 Å². The van der Waals surface area contributed by atoms with Crippen LogP contribution in [0.1, 0.15) is 16.7 Å². The van der Waals surface area contributed by atoms with E-state index in [1.165, 1.54) is 0 Å². The van der Waals surface area contributed by atoms with Gasteiger partial charge in [-0.3, -0.25) is 0 Å². The summed E-state index contributed by atoms with van der Waals surface area (Å²) in [6, 6.07) is 15.6. The lowest BCUT2D eigenvalue weighted by molar-refractivity contribution is 0.305. The molecule has 2 aromatic carbocycles. The maximum Gasteiger partial charge on any atom is 0.120 e. The van der Waals surface area contributed by atoms with Crippen molar-refractivity contribution in [1.29, 1.82) is 5.26 Å². The Morgan fingerprint density at radius 2 is 2.06 bits per heavy atom. The van der Waals surface area contributed by atoms with E-state index in [1.807, 2.05) is 43.3 Å². The fourth-order valence-corrected chi connectivity index (χ4v) is 2.07. The highest BCUT2D eigenvalue weighted by molar-refractivity contribution is 9.10. The predicted molar refractivity (Wildman–Crippen MR) is 74.4 cm³/mol. The number of ether oxygens (including phenoxy) is 1. The molecule has 0 atom stereocenters. The maximum atomic E-state index is 9.03. The Balaban J connectivity index is 2.15. The van der Waals surface area contributed by atoms with Crippen molar-refractivity contribution in [1.82, 2.24) is 0 Å². The Hall–Kier alpha value is -1.79. The molecule has 0 fully saturated rings. The van der Waals surface area contributed by atoms with Crippen molar-refractivity contribution < 1.29 is 4.74 Å². The molecule has 0 heterocycles. The molecule has 0 saturated carbocycles. The smallest absolute Gasteiger partial charge is 0.120 e. The van der Waals surface area contributed by atoms with Crippen LogP contribution in [-0.4, -0.2) is 0 Å². The number of benzene rings is 2. The summed E-state index contributed by atoms with van der Waals surface area (Å²) >= 11 is 3.40. The summed E-state index contributed by atoms with van der Waals surface area (Å²) in [5.74, 6) is 0.818. The van der Waals surface area contributed by atoms with E-state index in [9.17, 15) is 0 Å². The summed E-state index contributed by atoms with van der Waals surface area (Å²) in [4.78, 5) is 0. The number of hydrogen-bond donors (Lipinski definition) is 0. The molecule has 90 valence electrons. The van der Waals surface area contributed by atoms with Gasteiger partial charge in [0.1, 0.15) is 12.4 Å². The highest BCUT2D eigenvalue weighted by atomic mass is 79.9. The van der Waals surface area contributed by atoms with Crippen LogP contribution in [0.15, 0.2) is 46.9 Å². The van der Waals surface area contributed by atoms with Crippen molar-refractivity contribution in [3.63, 3.8) is 0 Å². The van der Waals surface area contributed by atoms with Gasteiger partial charge >= 0.3 is 0 Å². The van der Waals surface area contributed by atoms with Crippen LogP contribution in [0.3, 0.4) is 0 Å². The van der Waals surface area contributed by atoms with Crippen molar-refractivity contribution in [3.05, 3.63) is 63.6 Å². The molecule has 0 spiro atoms. The van der Waals surface area contributed by atoms with E-state index >= 15 is 0 Å². The van der Waals surface area contributed by atoms with E-state index in [0.29, 0.717) is 12.2 Å². The molecular weight excluding hydrogens is 290 g/mol. The summed E-state index contributed by atoms with van der Waals surface area (Å²) in [6.07, 6.45) is 0. The fraction of sp³-hybridized carbons (Fsp3) is 0.133. The molecule has 0 radical (unpaired) electrons. The standard InChI is InChI=1S/C15H12BrNO/c1-11-3-2-4-15(7-11)18-10-13-8-14(16)6-5-12(13)9-17/h2-8H,10H2,1H3. The van der Waals surface area contributed by atoms with Crippen LogP contribution in [0.5, 0.6) is 5.75 Å². The van der Waals surface area contributed by atoms with Crippen molar-refractivity contribution in [2.75, 3.05) is 0 Å². The molecule has 0 bridgehead atoms. The number of hydrogen-bond acceptors (Lipinski definition) is 2. The third-order valence-electron chi connectivity index (χ3n) is 2.57. The Labute approximate surface area is 115 Å². The van der Waals surface area contributed by atoms with Crippen LogP contribution >= 0.6 is 15.9 Å². The molecule has 0 aliphatic rings. The lowest BCUT2D eigenvalue weighted by atomic mass is 10.1. The van der Waals surface area contributed by atoms with Crippen LogP contribution in [0, 0.1) is 18.3 Å². The molecule has 2 rings (SSSR count). The third-order valence-corrected chi connectivity index (χ3v) is 3.06. The Bertz CT molecular complexity index is 602. The summed E-state index contributed by atoms with van der Waals surface area (Å²) < 4.78 is 6.65. The zero-order valence-electron chi connectivity index (χ0n) is 9.98. The normalized spacial score (nSPS) is 9.83. The quantitative estimate of drug-likeness (QED) is 0.851. The molecule has 3 heteroatoms. The molecule has 0 unspecified atom stereocenters. The van der Waals surface area contributed by atoms with Crippen molar-refractivity contribution in [2.45, 2.75) is 13.5 Å². The second-order valence-corrected chi connectivity index (χ2v) is 4.93. The average Bonchev–Trinajstić information content (AvgIpc) is 2.37. The molecule has 0 amide bonds. The predicted octanol–water partition coefficient (Wildman–Crippen LogP) is 4.21. The minimum atomic E-state index is 0.395. The van der Waals surface area contributed by atoms with Crippen LogP contribution in [0.4, 0.5) is 0 Å². The fourth-order valence-electron chi connectivity index (χ4n) is 1.66. The SMILES string of the molecule is Cc1cccc(OCc2cc(Br)ccc2C#N)c1. The van der Waals surface area contributed by atoms with E-state index in [2.05, 4.69) is 22.0 Å². The molecule has 0 saturated heterocycles. The van der Waals surface area contributed by atoms with Crippen molar-refractivity contribution in [3.8, 4) is 11.8 Å². The highest BCUT2D eigenvalue weighted by Crippen LogP contribution is 2.19. The van der Waals surface area contributed by atoms with E-state index in [1.54, 1.807) is 6.07 Å². The van der Waals surface area contributed by atoms with Gasteiger partial charge in [-0.2, -0.15) is 5.26 Å². The van der Waals surface area contributed by atoms with Crippen LogP contribution in [-0.2, 0) is 6.61 Å². The number of rotatable bonds is 3. The van der Waals surface area contributed by atoms with Gasteiger partial charge in [0.2, 0.25) is 0 Å². The number of halogens is 1. The third kappa shape index (κ3) is 3.12. The van der Waals surface area contributed by atoms with E-state index in [4.69, 9.17) is 10.00 Å². The Morgan fingerprint density at radius 3 is 2.78 bits per heavy atom. The summed E-state index contributed by atoms with van der Waals surface area (Å²) in [5.41, 5.74) is 2.68. The number of nitriles is 1. The molecule has 2 nitrogen and oxygen atoms in total. The first kappa shape index (κ1) is 12.7. The van der Waals surface area contributed by atoms with E-state index in [-0.39, 0.29) is 0 Å². The zero-order chi connectivity index (χ0) is 13.0. The van der Waals surface area contributed by atoms with Crippen molar-refractivity contribution in [2.24, 2.45) is 0 Å². The van der Waals surface area contributed by atoms with Gasteiger partial charge in [-0.1, -0.05) is 28.1 Å². The summed E-state index contributed by atoms with van der Waals surface area (Å²) in [6.45, 7) is 2.42. The largest absolute Gasteiger partial charge is 0.489 e. The summed E-state index contributed by atoms with van der Waals surface area (Å²) in [5, 5.41) is 9.03. The van der Waals surface area contributed by atoms with Crippen molar-refractivity contribution >= 4 is 15.9 Å². The first-order valence-electron chi connectivity index (χ1n) is 5.57. The van der Waals surface area contributed by atoms with E-state index < -0.39 is 0 Å². The molecule has 2 aromatic rings. The minimum absolute atomic E-state index is 0.395. The summed E-state index contributed by atoms with van der Waals surface area (Å²) in [7, 11) is 0. The second-order valence-electron chi connectivity index (χ2n) is 4.02. The lowest BCUT2D eigenvalue weighted by Gasteiger charge is -2.08. The van der Waals surface area contributed by atoms with Gasteiger partial charge in [0.05, 0.1) is 11.6 Å². The monoisotopic (exact) mass is 301 g/mol. The molecule has 0 aliphatic carbocycles. The van der Waals surface area contributed by atoms with Crippen LogP contribution in [0.2, 0.25) is 0 Å². The first-order valence-corrected chi connectivity index (χ1v) is 6.36. The Kier molecular flexibility index (Phi) is 4.01. The lowest BCUT2D eigenvalue weighted by Crippen LogP contribution is -1.98. The highest BCUT2D eigenvalue weighted by Gasteiger charge is 2.04. The molecule has 0 N–H and O–H groups in total. The average molecular weight is 302 g/mol. The van der Waals surface area contributed by atoms with Gasteiger partial charge in [-0.25, -0.2) is 0 Å². The second kappa shape index (κ2) is 5.70. The van der Waals surface area contributed by atoms with Gasteiger partial charge in [0, 0.05) is 10.0 Å². The molecule has 0 aliphatic heterocycles. The number of aryl methyl sites for hydroxylation is 1. The van der Waals surface area contributed by atoms with Gasteiger partial charge in [-0.15, -0.1) is 0 Å². The van der Waals surface area contributed by atoms with Crippen LogP contribution in [0.25, 0.3) is 0 Å². The maximum absolute atomic E-state index is 9.03. The topological polar surface area (TPSA) is 33.0 Å². The van der Waals surface area contributed by atoms with E-state index in [0.717, 1.165) is 21.3 Å². The van der Waals surface area contributed by atoms with Crippen LogP contribution < -0.4 is 4.74 Å². The molecule has 0 aromatic heterocycles. The zero-order valence-corrected chi connectivity index (χ0v) is 11.6. The first-order chi connectivity index (χ1) is 8.69.